The van der Waals surface area contributed by atoms with E-state index in [-0.39, 0.29) is 23.4 Å². The molecule has 6 aliphatic heterocycles. The van der Waals surface area contributed by atoms with Crippen molar-refractivity contribution in [2.75, 3.05) is 25.5 Å². The van der Waals surface area contributed by atoms with Crippen molar-refractivity contribution >= 4 is 17.5 Å². The molecule has 3 spiro atoms. The van der Waals surface area contributed by atoms with Crippen LogP contribution in [0.5, 0.6) is 11.5 Å². The lowest BCUT2D eigenvalue weighted by atomic mass is 9.56. The van der Waals surface area contributed by atoms with Crippen LogP contribution in [0.15, 0.2) is 24.5 Å². The summed E-state index contributed by atoms with van der Waals surface area (Å²) in [6.45, 7) is 12.5. The average Bonchev–Trinajstić information content (AvgIpc) is 3.29. The predicted molar refractivity (Wildman–Crippen MR) is 131 cm³/mol. The number of rotatable bonds is 0. The maximum atomic E-state index is 14.2. The molecule has 0 unspecified atom stereocenters. The van der Waals surface area contributed by atoms with Gasteiger partial charge in [-0.3, -0.25) is 14.5 Å². The number of carbonyl (C=O) groups is 2. The van der Waals surface area contributed by atoms with Crippen LogP contribution >= 0.6 is 0 Å². The fourth-order valence-corrected chi connectivity index (χ4v) is 9.17. The lowest BCUT2D eigenvalue weighted by molar-refractivity contribution is -0.212. The molecule has 0 radical (unpaired) electrons. The summed E-state index contributed by atoms with van der Waals surface area (Å²) in [5, 5.41) is 3.20. The molecule has 5 fully saturated rings. The average molecular weight is 478 g/mol. The molecule has 5 atom stereocenters. The summed E-state index contributed by atoms with van der Waals surface area (Å²) in [6, 6.07) is 3.97. The second kappa shape index (κ2) is 6.05. The topological polar surface area (TPSA) is 71.1 Å². The number of ether oxygens (including phenoxy) is 2. The van der Waals surface area contributed by atoms with Crippen LogP contribution in [0.25, 0.3) is 0 Å². The first kappa shape index (κ1) is 21.7. The summed E-state index contributed by atoms with van der Waals surface area (Å²) >= 11 is 0. The van der Waals surface area contributed by atoms with Crippen molar-refractivity contribution in [3.63, 3.8) is 0 Å². The highest BCUT2D eigenvalue weighted by Gasteiger charge is 2.80. The minimum atomic E-state index is -0.804. The Morgan fingerprint density at radius 2 is 1.91 bits per heavy atom. The third-order valence-electron chi connectivity index (χ3n) is 10.9. The van der Waals surface area contributed by atoms with Crippen LogP contribution in [-0.2, 0) is 15.0 Å². The molecule has 186 valence electrons. The van der Waals surface area contributed by atoms with Crippen molar-refractivity contribution < 1.29 is 19.1 Å². The molecule has 8 rings (SSSR count). The van der Waals surface area contributed by atoms with Crippen LogP contribution in [0.2, 0.25) is 0 Å². The number of carbonyl (C=O) groups excluding carboxylic acids is 2. The van der Waals surface area contributed by atoms with E-state index < -0.39 is 21.8 Å². The van der Waals surface area contributed by atoms with Gasteiger partial charge in [-0.05, 0) is 68.1 Å². The van der Waals surface area contributed by atoms with E-state index in [0.29, 0.717) is 29.5 Å². The first-order valence-corrected chi connectivity index (χ1v) is 13.0. The van der Waals surface area contributed by atoms with Gasteiger partial charge in [0.1, 0.15) is 5.60 Å². The highest BCUT2D eigenvalue weighted by Crippen LogP contribution is 2.75. The van der Waals surface area contributed by atoms with Crippen molar-refractivity contribution in [2.45, 2.75) is 70.6 Å². The molecular formula is C28H35N3O4. The van der Waals surface area contributed by atoms with E-state index in [9.17, 15) is 9.59 Å². The second-order valence-electron chi connectivity index (χ2n) is 13.0. The van der Waals surface area contributed by atoms with E-state index in [2.05, 4.69) is 31.0 Å². The number of anilines is 1. The van der Waals surface area contributed by atoms with Gasteiger partial charge in [0.25, 0.3) is 0 Å². The standard InChI is InChI=1S/C28H35N3O4/c1-16-9-11-31-15-26-14-27(25(4,5)19(26)13-28(16,31)30(6)23(26)33)17-7-8-18-21(20(17)29-22(27)32)34-12-10-24(2,3)35-18/h7-8,10,12,16,19H,9,11,13-15H2,1-6H3,(H,29,32)/t16-,19-,26+,27+,28+/m0/s1. The third-order valence-corrected chi connectivity index (χ3v) is 10.9. The fraction of sp³-hybridized carbons (Fsp3) is 0.643. The maximum Gasteiger partial charge on any atom is 0.235 e. The summed E-state index contributed by atoms with van der Waals surface area (Å²) in [5.41, 5.74) is -0.882. The van der Waals surface area contributed by atoms with E-state index >= 15 is 0 Å². The van der Waals surface area contributed by atoms with Crippen LogP contribution in [-0.4, -0.2) is 53.0 Å². The Morgan fingerprint density at radius 1 is 1.14 bits per heavy atom. The van der Waals surface area contributed by atoms with E-state index in [1.807, 2.05) is 44.0 Å². The van der Waals surface area contributed by atoms with Crippen LogP contribution in [0.4, 0.5) is 5.69 Å². The molecule has 0 aromatic heterocycles. The Balaban J connectivity index is 1.41. The number of hydrogen-bond acceptors (Lipinski definition) is 5. The first-order chi connectivity index (χ1) is 16.4. The van der Waals surface area contributed by atoms with E-state index in [4.69, 9.17) is 9.47 Å². The Hall–Kier alpha value is -2.54. The molecule has 1 aliphatic carbocycles. The maximum absolute atomic E-state index is 14.2. The fourth-order valence-electron chi connectivity index (χ4n) is 9.17. The number of nitrogens with zero attached hydrogens (tertiary/aromatic N) is 2. The smallest absolute Gasteiger partial charge is 0.235 e. The largest absolute Gasteiger partial charge is 0.480 e. The molecule has 1 aromatic carbocycles. The van der Waals surface area contributed by atoms with Gasteiger partial charge in [-0.2, -0.15) is 0 Å². The summed E-state index contributed by atoms with van der Waals surface area (Å²) in [5.74, 6) is 1.93. The minimum absolute atomic E-state index is 0.0182. The lowest BCUT2D eigenvalue weighted by Crippen LogP contribution is -2.77. The van der Waals surface area contributed by atoms with Gasteiger partial charge in [-0.25, -0.2) is 0 Å². The van der Waals surface area contributed by atoms with Gasteiger partial charge in [0.15, 0.2) is 11.5 Å². The van der Waals surface area contributed by atoms with Crippen molar-refractivity contribution in [1.82, 2.24) is 9.80 Å². The molecule has 2 amide bonds. The Labute approximate surface area is 206 Å². The Morgan fingerprint density at radius 3 is 2.69 bits per heavy atom. The molecule has 6 heterocycles. The monoisotopic (exact) mass is 477 g/mol. The number of fused-ring (bicyclic) bond motifs is 5. The molecule has 2 bridgehead atoms. The normalized spacial score (nSPS) is 41.6. The zero-order valence-corrected chi connectivity index (χ0v) is 21.5. The second-order valence-corrected chi connectivity index (χ2v) is 13.0. The van der Waals surface area contributed by atoms with Crippen LogP contribution < -0.4 is 14.8 Å². The van der Waals surface area contributed by atoms with Gasteiger partial charge in [-0.1, -0.05) is 26.8 Å². The zero-order valence-electron chi connectivity index (χ0n) is 21.5. The zero-order chi connectivity index (χ0) is 24.8. The molecule has 1 saturated carbocycles. The van der Waals surface area contributed by atoms with E-state index in [1.165, 1.54) is 0 Å². The predicted octanol–water partition coefficient (Wildman–Crippen LogP) is 3.89. The number of piperidine rings is 2. The van der Waals surface area contributed by atoms with Crippen molar-refractivity contribution in [1.29, 1.82) is 0 Å². The van der Waals surface area contributed by atoms with Gasteiger partial charge < -0.3 is 19.7 Å². The third kappa shape index (κ3) is 2.16. The quantitative estimate of drug-likeness (QED) is 0.614. The van der Waals surface area contributed by atoms with Crippen molar-refractivity contribution in [2.24, 2.45) is 22.7 Å². The van der Waals surface area contributed by atoms with Gasteiger partial charge >= 0.3 is 0 Å². The summed E-state index contributed by atoms with van der Waals surface area (Å²) in [4.78, 5) is 32.9. The van der Waals surface area contributed by atoms with Crippen LogP contribution in [0, 0.1) is 22.7 Å². The van der Waals surface area contributed by atoms with Crippen LogP contribution in [0.3, 0.4) is 0 Å². The molecule has 1 N–H and O–H groups in total. The molecule has 35 heavy (non-hydrogen) atoms. The van der Waals surface area contributed by atoms with E-state index in [1.54, 1.807) is 6.26 Å². The summed E-state index contributed by atoms with van der Waals surface area (Å²) in [7, 11) is 1.99. The molecule has 1 aromatic rings. The summed E-state index contributed by atoms with van der Waals surface area (Å²) in [6.07, 6.45) is 6.09. The Kier molecular flexibility index (Phi) is 3.75. The van der Waals surface area contributed by atoms with E-state index in [0.717, 1.165) is 31.5 Å². The van der Waals surface area contributed by atoms with Gasteiger partial charge in [0.2, 0.25) is 11.8 Å². The SMILES string of the molecule is C[C@H]1CCN2C[C@]34C[C@@]5(C(=O)Nc6c5ccc5c6OC=CC(C)(C)O5)C(C)(C)[C@@H]3C[C@]12N(C)C4=O. The lowest BCUT2D eigenvalue weighted by Gasteiger charge is -2.65. The van der Waals surface area contributed by atoms with Crippen molar-refractivity contribution in [3.8, 4) is 11.5 Å². The van der Waals surface area contributed by atoms with Gasteiger partial charge in [-0.15, -0.1) is 0 Å². The first-order valence-electron chi connectivity index (χ1n) is 13.0. The molecule has 7 nitrogen and oxygen atoms in total. The molecule has 4 saturated heterocycles. The van der Waals surface area contributed by atoms with Gasteiger partial charge in [0, 0.05) is 20.1 Å². The molecular weight excluding hydrogens is 442 g/mol. The highest BCUT2D eigenvalue weighted by atomic mass is 16.5. The van der Waals surface area contributed by atoms with Gasteiger partial charge in [0.05, 0.1) is 28.4 Å². The minimum Gasteiger partial charge on any atom is -0.480 e. The molecule has 7 aliphatic rings. The van der Waals surface area contributed by atoms with Crippen LogP contribution in [0.1, 0.15) is 59.4 Å². The number of benzene rings is 1. The number of nitrogens with one attached hydrogen (secondary N) is 1. The molecule has 7 heteroatoms. The van der Waals surface area contributed by atoms with Crippen molar-refractivity contribution in [3.05, 3.63) is 30.0 Å². The number of hydrogen-bond donors (Lipinski definition) is 1. The number of amides is 2. The summed E-state index contributed by atoms with van der Waals surface area (Å²) < 4.78 is 12.2. The Bertz CT molecular complexity index is 1240. The highest BCUT2D eigenvalue weighted by molar-refractivity contribution is 6.10.